The first kappa shape index (κ1) is 12.6. The van der Waals surface area contributed by atoms with E-state index in [4.69, 9.17) is 4.74 Å². The molecule has 1 saturated heterocycles. The standard InChI is InChI=1S/C10H15NO.C2H4/c1-5-10-9(4)11(6-2)8(3)7-12-10;1-2/h5-6,8H,2,4,7H2,1,3H3;1-2H2/b10-5+;. The van der Waals surface area contributed by atoms with Gasteiger partial charge in [0.25, 0.3) is 0 Å². The molecule has 0 aromatic heterocycles. The van der Waals surface area contributed by atoms with Gasteiger partial charge in [-0.05, 0) is 26.1 Å². The first-order valence-corrected chi connectivity index (χ1v) is 4.60. The molecule has 0 aromatic carbocycles. The van der Waals surface area contributed by atoms with Crippen LogP contribution in [-0.2, 0) is 4.74 Å². The van der Waals surface area contributed by atoms with Crippen LogP contribution in [-0.4, -0.2) is 17.5 Å². The summed E-state index contributed by atoms with van der Waals surface area (Å²) in [7, 11) is 0. The van der Waals surface area contributed by atoms with Gasteiger partial charge in [-0.3, -0.25) is 0 Å². The second-order valence-corrected chi connectivity index (χ2v) is 2.85. The lowest BCUT2D eigenvalue weighted by molar-refractivity contribution is 0.108. The molecule has 78 valence electrons. The van der Waals surface area contributed by atoms with Crippen LogP contribution < -0.4 is 0 Å². The maximum absolute atomic E-state index is 5.46. The second-order valence-electron chi connectivity index (χ2n) is 2.85. The Morgan fingerprint density at radius 2 is 2.07 bits per heavy atom. The van der Waals surface area contributed by atoms with Crippen molar-refractivity contribution in [3.05, 3.63) is 50.0 Å². The van der Waals surface area contributed by atoms with Gasteiger partial charge in [-0.25, -0.2) is 0 Å². The molecule has 1 unspecified atom stereocenters. The number of allylic oxidation sites excluding steroid dienone is 1. The summed E-state index contributed by atoms with van der Waals surface area (Å²) in [6, 6.07) is 0.332. The van der Waals surface area contributed by atoms with Crippen molar-refractivity contribution in [3.8, 4) is 0 Å². The van der Waals surface area contributed by atoms with Gasteiger partial charge in [0.05, 0.1) is 11.7 Å². The average Bonchev–Trinajstić information content (AvgIpc) is 2.22. The van der Waals surface area contributed by atoms with Gasteiger partial charge < -0.3 is 9.64 Å². The molecule has 0 radical (unpaired) electrons. The highest BCUT2D eigenvalue weighted by molar-refractivity contribution is 5.25. The molecule has 1 rings (SSSR count). The van der Waals surface area contributed by atoms with Crippen LogP contribution >= 0.6 is 0 Å². The smallest absolute Gasteiger partial charge is 0.138 e. The van der Waals surface area contributed by atoms with Crippen molar-refractivity contribution in [3.63, 3.8) is 0 Å². The summed E-state index contributed by atoms with van der Waals surface area (Å²) in [5.74, 6) is 0.855. The fourth-order valence-electron chi connectivity index (χ4n) is 1.31. The number of ether oxygens (including phenoxy) is 1. The van der Waals surface area contributed by atoms with E-state index in [2.05, 4.69) is 33.2 Å². The molecule has 0 bridgehead atoms. The zero-order chi connectivity index (χ0) is 11.1. The van der Waals surface area contributed by atoms with Crippen molar-refractivity contribution < 1.29 is 4.74 Å². The van der Waals surface area contributed by atoms with Crippen molar-refractivity contribution in [1.29, 1.82) is 0 Å². The lowest BCUT2D eigenvalue weighted by atomic mass is 10.2. The van der Waals surface area contributed by atoms with Crippen molar-refractivity contribution >= 4 is 0 Å². The largest absolute Gasteiger partial charge is 0.490 e. The van der Waals surface area contributed by atoms with E-state index < -0.39 is 0 Å². The third kappa shape index (κ3) is 2.52. The van der Waals surface area contributed by atoms with Gasteiger partial charge in [0.2, 0.25) is 0 Å². The highest BCUT2D eigenvalue weighted by atomic mass is 16.5. The van der Waals surface area contributed by atoms with E-state index in [1.54, 1.807) is 6.20 Å². The Morgan fingerprint density at radius 1 is 1.50 bits per heavy atom. The molecule has 1 aliphatic heterocycles. The third-order valence-electron chi connectivity index (χ3n) is 2.01. The molecule has 1 fully saturated rings. The number of morpholine rings is 1. The Kier molecular flexibility index (Phi) is 5.46. The van der Waals surface area contributed by atoms with Crippen LogP contribution in [0, 0.1) is 0 Å². The molecular weight excluding hydrogens is 174 g/mol. The van der Waals surface area contributed by atoms with Gasteiger partial charge in [-0.15, -0.1) is 13.2 Å². The van der Waals surface area contributed by atoms with Crippen LogP contribution in [0.1, 0.15) is 13.8 Å². The van der Waals surface area contributed by atoms with Gasteiger partial charge in [-0.2, -0.15) is 0 Å². The minimum absolute atomic E-state index is 0.332. The predicted molar refractivity (Wildman–Crippen MR) is 61.6 cm³/mol. The van der Waals surface area contributed by atoms with Crippen LogP contribution in [0.2, 0.25) is 0 Å². The van der Waals surface area contributed by atoms with E-state index in [-0.39, 0.29) is 0 Å². The monoisotopic (exact) mass is 193 g/mol. The van der Waals surface area contributed by atoms with Crippen molar-refractivity contribution in [2.45, 2.75) is 19.9 Å². The Morgan fingerprint density at radius 3 is 2.50 bits per heavy atom. The quantitative estimate of drug-likeness (QED) is 0.593. The summed E-state index contributed by atoms with van der Waals surface area (Å²) >= 11 is 0. The summed E-state index contributed by atoms with van der Waals surface area (Å²) in [4.78, 5) is 2.03. The SMILES string of the molecule is C=C.C=CN1C(=C)/C(=C\C)OCC1C. The number of hydrogen-bond donors (Lipinski definition) is 0. The van der Waals surface area contributed by atoms with E-state index in [1.165, 1.54) is 0 Å². The zero-order valence-corrected chi connectivity index (χ0v) is 9.12. The molecule has 0 amide bonds. The molecule has 0 saturated carbocycles. The summed E-state index contributed by atoms with van der Waals surface area (Å²) in [6.07, 6.45) is 3.71. The minimum atomic E-state index is 0.332. The normalized spacial score (nSPS) is 23.6. The highest BCUT2D eigenvalue weighted by Crippen LogP contribution is 2.23. The fourth-order valence-corrected chi connectivity index (χ4v) is 1.31. The predicted octanol–water partition coefficient (Wildman–Crippen LogP) is 3.07. The maximum Gasteiger partial charge on any atom is 0.138 e. The molecular formula is C12H19NO. The van der Waals surface area contributed by atoms with Crippen LogP contribution in [0.25, 0.3) is 0 Å². The maximum atomic E-state index is 5.46. The summed E-state index contributed by atoms with van der Waals surface area (Å²) in [5.41, 5.74) is 0.895. The number of nitrogens with zero attached hydrogens (tertiary/aromatic N) is 1. The molecule has 0 aromatic rings. The van der Waals surface area contributed by atoms with Gasteiger partial charge in [0, 0.05) is 0 Å². The van der Waals surface area contributed by atoms with Gasteiger partial charge >= 0.3 is 0 Å². The molecule has 2 heteroatoms. The Hall–Kier alpha value is -1.44. The first-order valence-electron chi connectivity index (χ1n) is 4.60. The van der Waals surface area contributed by atoms with Crippen molar-refractivity contribution in [2.75, 3.05) is 6.61 Å². The van der Waals surface area contributed by atoms with Crippen molar-refractivity contribution in [1.82, 2.24) is 4.90 Å². The lowest BCUT2D eigenvalue weighted by Gasteiger charge is -2.35. The first-order chi connectivity index (χ1) is 6.70. The number of rotatable bonds is 1. The Labute approximate surface area is 86.9 Å². The van der Waals surface area contributed by atoms with Crippen molar-refractivity contribution in [2.24, 2.45) is 0 Å². The zero-order valence-electron chi connectivity index (χ0n) is 9.12. The van der Waals surface area contributed by atoms with Gasteiger partial charge in [0.15, 0.2) is 0 Å². The van der Waals surface area contributed by atoms with E-state index >= 15 is 0 Å². The molecule has 0 N–H and O–H groups in total. The number of hydrogen-bond acceptors (Lipinski definition) is 2. The molecule has 14 heavy (non-hydrogen) atoms. The van der Waals surface area contributed by atoms with Gasteiger partial charge in [-0.1, -0.05) is 13.2 Å². The minimum Gasteiger partial charge on any atom is -0.490 e. The molecule has 2 nitrogen and oxygen atoms in total. The topological polar surface area (TPSA) is 12.5 Å². The lowest BCUT2D eigenvalue weighted by Crippen LogP contribution is -2.36. The summed E-state index contributed by atoms with van der Waals surface area (Å²) in [6.45, 7) is 18.4. The second kappa shape index (κ2) is 6.08. The summed E-state index contributed by atoms with van der Waals surface area (Å²) < 4.78 is 5.46. The molecule has 0 spiro atoms. The van der Waals surface area contributed by atoms with E-state index in [9.17, 15) is 0 Å². The average molecular weight is 193 g/mol. The van der Waals surface area contributed by atoms with E-state index in [0.717, 1.165) is 11.5 Å². The van der Waals surface area contributed by atoms with Crippen LogP contribution in [0.5, 0.6) is 0 Å². The summed E-state index contributed by atoms with van der Waals surface area (Å²) in [5, 5.41) is 0. The fraction of sp³-hybridized carbons (Fsp3) is 0.333. The Bertz CT molecular complexity index is 243. The van der Waals surface area contributed by atoms with E-state index in [0.29, 0.717) is 12.6 Å². The Balaban J connectivity index is 0.000000791. The van der Waals surface area contributed by atoms with Gasteiger partial charge in [0.1, 0.15) is 12.4 Å². The van der Waals surface area contributed by atoms with Crippen LogP contribution in [0.4, 0.5) is 0 Å². The van der Waals surface area contributed by atoms with Crippen LogP contribution in [0.3, 0.4) is 0 Å². The molecule has 1 aliphatic rings. The van der Waals surface area contributed by atoms with Crippen LogP contribution in [0.15, 0.2) is 50.0 Å². The highest BCUT2D eigenvalue weighted by Gasteiger charge is 2.22. The molecule has 0 aliphatic carbocycles. The third-order valence-corrected chi connectivity index (χ3v) is 2.01. The molecule has 1 atom stereocenters. The van der Waals surface area contributed by atoms with E-state index in [1.807, 2.05) is 17.9 Å². The molecule has 1 heterocycles.